The molecule has 0 N–H and O–H groups in total. The number of likely N-dealkylation sites (tertiary alicyclic amines) is 1. The molecule has 2 unspecified atom stereocenters. The van der Waals surface area contributed by atoms with Crippen LogP contribution in [0.4, 0.5) is 4.39 Å². The minimum absolute atomic E-state index is 0.00941. The number of hydrogen-bond donors (Lipinski definition) is 0. The van der Waals surface area contributed by atoms with Gasteiger partial charge in [0, 0.05) is 37.7 Å². The van der Waals surface area contributed by atoms with E-state index in [-0.39, 0.29) is 35.4 Å². The van der Waals surface area contributed by atoms with Gasteiger partial charge in [0.25, 0.3) is 0 Å². The molecule has 2 fully saturated rings. The molecule has 28 heavy (non-hydrogen) atoms. The van der Waals surface area contributed by atoms with Crippen LogP contribution in [-0.2, 0) is 22.6 Å². The molecule has 0 radical (unpaired) electrons. The van der Waals surface area contributed by atoms with E-state index in [4.69, 9.17) is 0 Å². The Morgan fingerprint density at radius 2 is 2.04 bits per heavy atom. The number of carbonyl (C=O) groups excluding carboxylic acids is 2. The molecule has 4 rings (SSSR count). The van der Waals surface area contributed by atoms with Crippen molar-refractivity contribution in [2.75, 3.05) is 20.1 Å². The number of halogens is 1. The highest BCUT2D eigenvalue weighted by Crippen LogP contribution is 2.59. The van der Waals surface area contributed by atoms with Gasteiger partial charge in [-0.05, 0) is 42.7 Å². The number of nitrogens with zero attached hydrogens (tertiary/aromatic N) is 3. The van der Waals surface area contributed by atoms with Gasteiger partial charge in [0.05, 0.1) is 18.7 Å². The third-order valence-corrected chi connectivity index (χ3v) is 6.00. The summed E-state index contributed by atoms with van der Waals surface area (Å²) in [6.45, 7) is 1.83. The molecule has 6 heteroatoms. The van der Waals surface area contributed by atoms with E-state index < -0.39 is 0 Å². The quantitative estimate of drug-likeness (QED) is 0.800. The molecule has 1 aliphatic carbocycles. The molecule has 0 bridgehead atoms. The van der Waals surface area contributed by atoms with Crippen LogP contribution in [0.15, 0.2) is 48.7 Å². The van der Waals surface area contributed by atoms with E-state index in [9.17, 15) is 14.0 Å². The van der Waals surface area contributed by atoms with Crippen molar-refractivity contribution in [2.24, 2.45) is 11.3 Å². The smallest absolute Gasteiger partial charge is 0.227 e. The summed E-state index contributed by atoms with van der Waals surface area (Å²) in [6.07, 6.45) is 3.72. The van der Waals surface area contributed by atoms with Gasteiger partial charge in [-0.25, -0.2) is 4.39 Å². The molecule has 2 heterocycles. The van der Waals surface area contributed by atoms with Gasteiger partial charge in [-0.15, -0.1) is 0 Å². The van der Waals surface area contributed by atoms with E-state index in [0.717, 1.165) is 24.1 Å². The summed E-state index contributed by atoms with van der Waals surface area (Å²) in [6, 6.07) is 11.7. The topological polar surface area (TPSA) is 53.5 Å². The monoisotopic (exact) mass is 381 g/mol. The van der Waals surface area contributed by atoms with Crippen molar-refractivity contribution in [1.29, 1.82) is 0 Å². The average molecular weight is 381 g/mol. The van der Waals surface area contributed by atoms with E-state index in [0.29, 0.717) is 19.6 Å². The van der Waals surface area contributed by atoms with Crippen LogP contribution in [-0.4, -0.2) is 46.7 Å². The van der Waals surface area contributed by atoms with E-state index in [1.807, 2.05) is 30.1 Å². The lowest BCUT2D eigenvalue weighted by molar-refractivity contribution is -0.133. The number of benzene rings is 1. The van der Waals surface area contributed by atoms with Gasteiger partial charge in [-0.1, -0.05) is 18.2 Å². The highest BCUT2D eigenvalue weighted by molar-refractivity contribution is 5.84. The zero-order valence-electron chi connectivity index (χ0n) is 16.0. The molecule has 1 aromatic heterocycles. The predicted octanol–water partition coefficient (Wildman–Crippen LogP) is 2.66. The van der Waals surface area contributed by atoms with Crippen LogP contribution < -0.4 is 0 Å². The SMILES string of the molecule is CN(Cc1ccccn1)C(=O)C1CC12CCN(C(=O)Cc1ccc(F)cc1)C2. The molecule has 1 aromatic carbocycles. The van der Waals surface area contributed by atoms with Crippen LogP contribution in [0.25, 0.3) is 0 Å². The summed E-state index contributed by atoms with van der Waals surface area (Å²) < 4.78 is 13.0. The minimum Gasteiger partial charge on any atom is -0.342 e. The van der Waals surface area contributed by atoms with Crippen LogP contribution in [0.5, 0.6) is 0 Å². The molecular weight excluding hydrogens is 357 g/mol. The first kappa shape index (κ1) is 18.6. The van der Waals surface area contributed by atoms with Crippen molar-refractivity contribution in [1.82, 2.24) is 14.8 Å². The molecule has 2 aromatic rings. The lowest BCUT2D eigenvalue weighted by atomic mass is 10.0. The van der Waals surface area contributed by atoms with Gasteiger partial charge in [-0.3, -0.25) is 14.6 Å². The number of rotatable bonds is 5. The molecule has 5 nitrogen and oxygen atoms in total. The lowest BCUT2D eigenvalue weighted by Gasteiger charge is -2.19. The maximum Gasteiger partial charge on any atom is 0.227 e. The van der Waals surface area contributed by atoms with Crippen molar-refractivity contribution >= 4 is 11.8 Å². The van der Waals surface area contributed by atoms with E-state index in [2.05, 4.69) is 4.98 Å². The fourth-order valence-corrected chi connectivity index (χ4v) is 4.22. The maximum absolute atomic E-state index is 13.0. The van der Waals surface area contributed by atoms with Gasteiger partial charge in [-0.2, -0.15) is 0 Å². The van der Waals surface area contributed by atoms with Crippen molar-refractivity contribution in [3.05, 3.63) is 65.7 Å². The van der Waals surface area contributed by atoms with Gasteiger partial charge >= 0.3 is 0 Å². The first-order valence-electron chi connectivity index (χ1n) is 9.64. The van der Waals surface area contributed by atoms with Crippen LogP contribution in [0.1, 0.15) is 24.1 Å². The molecule has 2 aliphatic rings. The summed E-state index contributed by atoms with van der Waals surface area (Å²) in [4.78, 5) is 33.3. The molecule has 2 amide bonds. The van der Waals surface area contributed by atoms with Crippen molar-refractivity contribution in [2.45, 2.75) is 25.8 Å². The van der Waals surface area contributed by atoms with Gasteiger partial charge in [0.2, 0.25) is 11.8 Å². The Kier molecular flexibility index (Phi) is 4.87. The molecule has 1 aliphatic heterocycles. The number of aromatic nitrogens is 1. The normalized spacial score (nSPS) is 23.1. The zero-order chi connectivity index (χ0) is 19.7. The molecule has 2 atom stereocenters. The Balaban J connectivity index is 1.32. The fourth-order valence-electron chi connectivity index (χ4n) is 4.22. The summed E-state index contributed by atoms with van der Waals surface area (Å²) >= 11 is 0. The van der Waals surface area contributed by atoms with Gasteiger partial charge < -0.3 is 9.80 Å². The van der Waals surface area contributed by atoms with E-state index in [1.54, 1.807) is 23.2 Å². The first-order chi connectivity index (χ1) is 13.5. The standard InChI is InChI=1S/C22H24FN3O2/c1-25(14-18-4-2-3-10-24-18)21(28)19-13-22(19)9-11-26(15-22)20(27)12-16-5-7-17(23)8-6-16/h2-8,10,19H,9,11-15H2,1H3. The van der Waals surface area contributed by atoms with Crippen LogP contribution in [0.3, 0.4) is 0 Å². The van der Waals surface area contributed by atoms with Crippen molar-refractivity contribution in [3.8, 4) is 0 Å². The van der Waals surface area contributed by atoms with E-state index >= 15 is 0 Å². The second kappa shape index (κ2) is 7.34. The van der Waals surface area contributed by atoms with Crippen LogP contribution >= 0.6 is 0 Å². The fraction of sp³-hybridized carbons (Fsp3) is 0.409. The summed E-state index contributed by atoms with van der Waals surface area (Å²) in [5, 5.41) is 0. The second-order valence-corrected chi connectivity index (χ2v) is 8.00. The Bertz CT molecular complexity index is 871. The maximum atomic E-state index is 13.0. The highest BCUT2D eigenvalue weighted by atomic mass is 19.1. The highest BCUT2D eigenvalue weighted by Gasteiger charge is 2.61. The molecule has 1 spiro atoms. The molecule has 1 saturated heterocycles. The third-order valence-electron chi connectivity index (χ3n) is 6.00. The molecule has 1 saturated carbocycles. The summed E-state index contributed by atoms with van der Waals surface area (Å²) in [7, 11) is 1.81. The average Bonchev–Trinajstić information content (AvgIpc) is 3.22. The number of amides is 2. The first-order valence-corrected chi connectivity index (χ1v) is 9.64. The second-order valence-electron chi connectivity index (χ2n) is 8.00. The Morgan fingerprint density at radius 1 is 1.25 bits per heavy atom. The zero-order valence-corrected chi connectivity index (χ0v) is 16.0. The molecular formula is C22H24FN3O2. The number of hydrogen-bond acceptors (Lipinski definition) is 3. The van der Waals surface area contributed by atoms with Crippen molar-refractivity contribution in [3.63, 3.8) is 0 Å². The Morgan fingerprint density at radius 3 is 2.75 bits per heavy atom. The molecule has 146 valence electrons. The van der Waals surface area contributed by atoms with Crippen molar-refractivity contribution < 1.29 is 14.0 Å². The minimum atomic E-state index is -0.300. The Hall–Kier alpha value is -2.76. The van der Waals surface area contributed by atoms with E-state index in [1.165, 1.54) is 12.1 Å². The van der Waals surface area contributed by atoms with Gasteiger partial charge in [0.1, 0.15) is 5.82 Å². The largest absolute Gasteiger partial charge is 0.342 e. The van der Waals surface area contributed by atoms with Gasteiger partial charge in [0.15, 0.2) is 0 Å². The Labute approximate surface area is 164 Å². The third kappa shape index (κ3) is 3.77. The summed E-state index contributed by atoms with van der Waals surface area (Å²) in [5.74, 6) is -0.128. The predicted molar refractivity (Wildman–Crippen MR) is 103 cm³/mol. The van der Waals surface area contributed by atoms with Crippen LogP contribution in [0, 0.1) is 17.2 Å². The lowest BCUT2D eigenvalue weighted by Crippen LogP contribution is -2.33. The summed E-state index contributed by atoms with van der Waals surface area (Å²) in [5.41, 5.74) is 1.62. The van der Waals surface area contributed by atoms with Crippen LogP contribution in [0.2, 0.25) is 0 Å². The number of carbonyl (C=O) groups is 2. The number of pyridine rings is 1.